The molecule has 1 aromatic heterocycles. The molecule has 0 spiro atoms. The van der Waals surface area contributed by atoms with E-state index in [1.165, 1.54) is 12.8 Å². The molecule has 1 aromatic rings. The van der Waals surface area contributed by atoms with E-state index in [2.05, 4.69) is 4.98 Å². The highest BCUT2D eigenvalue weighted by molar-refractivity contribution is 5.49. The van der Waals surface area contributed by atoms with Gasteiger partial charge in [0.25, 0.3) is 0 Å². The van der Waals surface area contributed by atoms with Crippen LogP contribution >= 0.6 is 0 Å². The van der Waals surface area contributed by atoms with Gasteiger partial charge in [-0.1, -0.05) is 6.92 Å². The van der Waals surface area contributed by atoms with Crippen LogP contribution in [0.15, 0.2) is 12.1 Å². The standard InChI is InChI=1S/C12H18N2O2/c1-2-7-15-12-10(13)5-6-11(14-12)16-8-9-3-4-9/h5-6,9H,2-4,7-8,13H2,1H3. The van der Waals surface area contributed by atoms with Crippen LogP contribution in [-0.4, -0.2) is 18.2 Å². The number of aromatic nitrogens is 1. The highest BCUT2D eigenvalue weighted by Crippen LogP contribution is 2.30. The van der Waals surface area contributed by atoms with Crippen molar-refractivity contribution in [2.24, 2.45) is 5.92 Å². The zero-order chi connectivity index (χ0) is 11.4. The molecule has 0 amide bonds. The number of rotatable bonds is 6. The Hall–Kier alpha value is -1.45. The maximum absolute atomic E-state index is 5.76. The molecular weight excluding hydrogens is 204 g/mol. The molecule has 0 saturated heterocycles. The van der Waals surface area contributed by atoms with E-state index in [0.717, 1.165) is 18.9 Å². The minimum absolute atomic E-state index is 0.482. The van der Waals surface area contributed by atoms with E-state index in [4.69, 9.17) is 15.2 Å². The van der Waals surface area contributed by atoms with Crippen LogP contribution in [0.2, 0.25) is 0 Å². The fourth-order valence-corrected chi connectivity index (χ4v) is 1.32. The lowest BCUT2D eigenvalue weighted by Gasteiger charge is -2.09. The van der Waals surface area contributed by atoms with Crippen molar-refractivity contribution < 1.29 is 9.47 Å². The maximum Gasteiger partial charge on any atom is 0.240 e. The number of nitrogens with two attached hydrogens (primary N) is 1. The molecule has 2 N–H and O–H groups in total. The second-order valence-corrected chi connectivity index (χ2v) is 4.15. The van der Waals surface area contributed by atoms with Crippen LogP contribution in [0.4, 0.5) is 5.69 Å². The van der Waals surface area contributed by atoms with Crippen LogP contribution in [0.1, 0.15) is 26.2 Å². The number of anilines is 1. The topological polar surface area (TPSA) is 57.4 Å². The van der Waals surface area contributed by atoms with Crippen molar-refractivity contribution in [2.75, 3.05) is 18.9 Å². The first-order valence-electron chi connectivity index (χ1n) is 5.81. The Labute approximate surface area is 95.8 Å². The summed E-state index contributed by atoms with van der Waals surface area (Å²) in [5, 5.41) is 0. The van der Waals surface area contributed by atoms with Gasteiger partial charge in [0.2, 0.25) is 11.8 Å². The van der Waals surface area contributed by atoms with Crippen LogP contribution in [-0.2, 0) is 0 Å². The highest BCUT2D eigenvalue weighted by Gasteiger charge is 2.22. The van der Waals surface area contributed by atoms with Gasteiger partial charge in [0, 0.05) is 6.07 Å². The first-order chi connectivity index (χ1) is 7.79. The Morgan fingerprint density at radius 1 is 1.38 bits per heavy atom. The third kappa shape index (κ3) is 3.02. The van der Waals surface area contributed by atoms with E-state index in [1.807, 2.05) is 6.92 Å². The minimum atomic E-state index is 0.482. The molecule has 0 unspecified atom stereocenters. The first kappa shape index (κ1) is 11.0. The molecule has 1 saturated carbocycles. The van der Waals surface area contributed by atoms with Crippen LogP contribution < -0.4 is 15.2 Å². The van der Waals surface area contributed by atoms with Gasteiger partial charge in [0.15, 0.2) is 0 Å². The predicted octanol–water partition coefficient (Wildman–Crippen LogP) is 2.24. The normalized spacial score (nSPS) is 14.8. The second-order valence-electron chi connectivity index (χ2n) is 4.15. The van der Waals surface area contributed by atoms with Crippen molar-refractivity contribution >= 4 is 5.69 Å². The summed E-state index contributed by atoms with van der Waals surface area (Å²) in [6.07, 6.45) is 3.48. The fraction of sp³-hybridized carbons (Fsp3) is 0.583. The molecule has 1 aliphatic rings. The van der Waals surface area contributed by atoms with E-state index >= 15 is 0 Å². The number of hydrogen-bond acceptors (Lipinski definition) is 4. The third-order valence-corrected chi connectivity index (χ3v) is 2.47. The molecule has 2 rings (SSSR count). The summed E-state index contributed by atoms with van der Waals surface area (Å²) < 4.78 is 11.0. The molecule has 0 atom stereocenters. The largest absolute Gasteiger partial charge is 0.477 e. The number of pyridine rings is 1. The summed E-state index contributed by atoms with van der Waals surface area (Å²) in [7, 11) is 0. The van der Waals surface area contributed by atoms with Crippen molar-refractivity contribution in [1.82, 2.24) is 4.98 Å². The zero-order valence-corrected chi connectivity index (χ0v) is 9.61. The van der Waals surface area contributed by atoms with Gasteiger partial charge in [0.1, 0.15) is 0 Å². The van der Waals surface area contributed by atoms with E-state index in [-0.39, 0.29) is 0 Å². The summed E-state index contributed by atoms with van der Waals surface area (Å²) in [5.74, 6) is 1.81. The number of nitrogen functional groups attached to an aromatic ring is 1. The van der Waals surface area contributed by atoms with Crippen LogP contribution in [0.5, 0.6) is 11.8 Å². The smallest absolute Gasteiger partial charge is 0.240 e. The molecule has 4 nitrogen and oxygen atoms in total. The molecule has 1 aliphatic carbocycles. The van der Waals surface area contributed by atoms with Gasteiger partial charge in [0.05, 0.1) is 18.9 Å². The Kier molecular flexibility index (Phi) is 3.49. The summed E-state index contributed by atoms with van der Waals surface area (Å²) in [4.78, 5) is 4.24. The highest BCUT2D eigenvalue weighted by atomic mass is 16.5. The summed E-state index contributed by atoms with van der Waals surface area (Å²) in [5.41, 5.74) is 6.32. The summed E-state index contributed by atoms with van der Waals surface area (Å²) in [6.45, 7) is 3.43. The van der Waals surface area contributed by atoms with Gasteiger partial charge in [-0.3, -0.25) is 0 Å². The minimum Gasteiger partial charge on any atom is -0.477 e. The van der Waals surface area contributed by atoms with E-state index in [1.54, 1.807) is 12.1 Å². The third-order valence-electron chi connectivity index (χ3n) is 2.47. The quantitative estimate of drug-likeness (QED) is 0.802. The Balaban J connectivity index is 1.95. The van der Waals surface area contributed by atoms with Crippen molar-refractivity contribution in [3.8, 4) is 11.8 Å². The van der Waals surface area contributed by atoms with Crippen molar-refractivity contribution in [3.63, 3.8) is 0 Å². The SMILES string of the molecule is CCCOc1nc(OCC2CC2)ccc1N. The van der Waals surface area contributed by atoms with Crippen molar-refractivity contribution in [1.29, 1.82) is 0 Å². The molecule has 88 valence electrons. The van der Waals surface area contributed by atoms with Gasteiger partial charge in [-0.2, -0.15) is 4.98 Å². The maximum atomic E-state index is 5.76. The predicted molar refractivity (Wildman–Crippen MR) is 62.7 cm³/mol. The number of nitrogens with zero attached hydrogens (tertiary/aromatic N) is 1. The summed E-state index contributed by atoms with van der Waals surface area (Å²) in [6, 6.07) is 3.57. The fourth-order valence-electron chi connectivity index (χ4n) is 1.32. The Bertz CT molecular complexity index is 351. The molecule has 4 heteroatoms. The average molecular weight is 222 g/mol. The summed E-state index contributed by atoms with van der Waals surface area (Å²) >= 11 is 0. The van der Waals surface area contributed by atoms with Crippen LogP contribution in [0.25, 0.3) is 0 Å². The van der Waals surface area contributed by atoms with Crippen LogP contribution in [0.3, 0.4) is 0 Å². The number of hydrogen-bond donors (Lipinski definition) is 1. The molecular formula is C12H18N2O2. The second kappa shape index (κ2) is 5.05. The average Bonchev–Trinajstić information content (AvgIpc) is 3.10. The molecule has 1 fully saturated rings. The molecule has 1 heterocycles. The van der Waals surface area contributed by atoms with Gasteiger partial charge in [-0.05, 0) is 31.2 Å². The molecule has 0 bridgehead atoms. The number of ether oxygens (including phenoxy) is 2. The molecule has 0 aromatic carbocycles. The van der Waals surface area contributed by atoms with Crippen molar-refractivity contribution in [3.05, 3.63) is 12.1 Å². The zero-order valence-electron chi connectivity index (χ0n) is 9.61. The van der Waals surface area contributed by atoms with Gasteiger partial charge >= 0.3 is 0 Å². The lowest BCUT2D eigenvalue weighted by atomic mass is 10.4. The molecule has 0 radical (unpaired) electrons. The molecule has 0 aliphatic heterocycles. The Morgan fingerprint density at radius 3 is 2.88 bits per heavy atom. The van der Waals surface area contributed by atoms with Gasteiger partial charge in [-0.25, -0.2) is 0 Å². The van der Waals surface area contributed by atoms with E-state index < -0.39 is 0 Å². The Morgan fingerprint density at radius 2 is 2.19 bits per heavy atom. The van der Waals surface area contributed by atoms with E-state index in [9.17, 15) is 0 Å². The van der Waals surface area contributed by atoms with E-state index in [0.29, 0.717) is 24.1 Å². The first-order valence-corrected chi connectivity index (χ1v) is 5.81. The monoisotopic (exact) mass is 222 g/mol. The lowest BCUT2D eigenvalue weighted by Crippen LogP contribution is -2.05. The molecule has 16 heavy (non-hydrogen) atoms. The van der Waals surface area contributed by atoms with Crippen LogP contribution in [0, 0.1) is 5.92 Å². The van der Waals surface area contributed by atoms with Crippen molar-refractivity contribution in [2.45, 2.75) is 26.2 Å². The lowest BCUT2D eigenvalue weighted by molar-refractivity contribution is 0.271. The van der Waals surface area contributed by atoms with Gasteiger partial charge < -0.3 is 15.2 Å². The van der Waals surface area contributed by atoms with Gasteiger partial charge in [-0.15, -0.1) is 0 Å².